The predicted molar refractivity (Wildman–Crippen MR) is 297 cm³/mol. The van der Waals surface area contributed by atoms with Crippen molar-refractivity contribution < 1.29 is 0 Å². The molecule has 69 heavy (non-hydrogen) atoms. The fraction of sp³-hybridized carbons (Fsp3) is 0.0149. The van der Waals surface area contributed by atoms with Gasteiger partial charge in [-0.05, 0) is 148 Å². The summed E-state index contributed by atoms with van der Waals surface area (Å²) in [5, 5.41) is 12.6. The van der Waals surface area contributed by atoms with Gasteiger partial charge in [-0.2, -0.15) is 0 Å². The van der Waals surface area contributed by atoms with Crippen molar-refractivity contribution in [3.63, 3.8) is 0 Å². The van der Waals surface area contributed by atoms with E-state index in [1.54, 1.807) is 0 Å². The highest BCUT2D eigenvalue weighted by Crippen LogP contribution is 2.49. The van der Waals surface area contributed by atoms with Crippen molar-refractivity contribution >= 4 is 94.1 Å². The van der Waals surface area contributed by atoms with Crippen LogP contribution in [-0.2, 0) is 7.05 Å². The summed E-state index contributed by atoms with van der Waals surface area (Å²) >= 11 is 0. The van der Waals surface area contributed by atoms with E-state index in [4.69, 9.17) is 0 Å². The van der Waals surface area contributed by atoms with Gasteiger partial charge in [0.2, 0.25) is 0 Å². The zero-order chi connectivity index (χ0) is 45.8. The predicted octanol–water partition coefficient (Wildman–Crippen LogP) is 18.6. The van der Waals surface area contributed by atoms with Crippen LogP contribution in [0.4, 0.5) is 17.1 Å². The number of anilines is 3. The topological polar surface area (TPSA) is 8.17 Å². The number of hydrogen-bond donors (Lipinski definition) is 0. The minimum Gasteiger partial charge on any atom is -0.344 e. The second-order valence-electron chi connectivity index (χ2n) is 18.1. The van der Waals surface area contributed by atoms with Crippen molar-refractivity contribution in [1.29, 1.82) is 0 Å². The summed E-state index contributed by atoms with van der Waals surface area (Å²) < 4.78 is 2.33. The third-order valence-corrected chi connectivity index (χ3v) is 14.1. The highest BCUT2D eigenvalue weighted by molar-refractivity contribution is 6.33. The van der Waals surface area contributed by atoms with Crippen molar-refractivity contribution in [2.45, 2.75) is 0 Å². The molecule has 13 rings (SSSR count). The zero-order valence-corrected chi connectivity index (χ0v) is 38.2. The molecule has 0 N–H and O–H groups in total. The molecule has 0 aliphatic rings. The van der Waals surface area contributed by atoms with Gasteiger partial charge >= 0.3 is 0 Å². The van der Waals surface area contributed by atoms with Crippen molar-refractivity contribution in [2.24, 2.45) is 7.05 Å². The molecule has 0 radical (unpaired) electrons. The smallest absolute Gasteiger partial charge is 0.0509 e. The maximum atomic E-state index is 2.45. The molecule has 13 aromatic rings. The maximum Gasteiger partial charge on any atom is 0.0509 e. The van der Waals surface area contributed by atoms with Gasteiger partial charge in [-0.3, -0.25) is 0 Å². The van der Waals surface area contributed by atoms with Crippen LogP contribution in [0.25, 0.3) is 110 Å². The van der Waals surface area contributed by atoms with Crippen LogP contribution in [0.3, 0.4) is 0 Å². The van der Waals surface area contributed by atoms with Crippen LogP contribution in [0.5, 0.6) is 0 Å². The highest BCUT2D eigenvalue weighted by Gasteiger charge is 2.22. The van der Waals surface area contributed by atoms with Crippen LogP contribution in [-0.4, -0.2) is 4.57 Å². The van der Waals surface area contributed by atoms with E-state index in [1.165, 1.54) is 109 Å². The van der Waals surface area contributed by atoms with E-state index >= 15 is 0 Å². The molecule has 2 nitrogen and oxygen atoms in total. The van der Waals surface area contributed by atoms with Gasteiger partial charge in [-0.25, -0.2) is 0 Å². The van der Waals surface area contributed by atoms with Gasteiger partial charge in [0.15, 0.2) is 0 Å². The van der Waals surface area contributed by atoms with E-state index in [1.807, 2.05) is 0 Å². The number of hydrogen-bond acceptors (Lipinski definition) is 1. The Bertz CT molecular complexity index is 4070. The highest BCUT2D eigenvalue weighted by atomic mass is 15.1. The second kappa shape index (κ2) is 16.7. The quantitative estimate of drug-likeness (QED) is 0.109. The Hall–Kier alpha value is -8.98. The first-order chi connectivity index (χ1) is 34.1. The SMILES string of the molecule is Cn1c2cc(/C=C/c3ccc4cc(-c5cc(-c6ccccc6)c6c7ccccc7c7ccccc7c6c5-c5ccccc5)ccc4c3)ccc2c2ccc(N(c3ccccc3)c3ccccc3)cc21. The van der Waals surface area contributed by atoms with Crippen LogP contribution < -0.4 is 4.90 Å². The lowest BCUT2D eigenvalue weighted by Crippen LogP contribution is -2.09. The van der Waals surface area contributed by atoms with Gasteiger partial charge in [0.25, 0.3) is 0 Å². The largest absolute Gasteiger partial charge is 0.344 e. The van der Waals surface area contributed by atoms with Crippen LogP contribution in [0.2, 0.25) is 0 Å². The summed E-state index contributed by atoms with van der Waals surface area (Å²) in [7, 11) is 2.18. The molecule has 0 amide bonds. The number of aromatic nitrogens is 1. The van der Waals surface area contributed by atoms with Crippen molar-refractivity contribution in [2.75, 3.05) is 4.90 Å². The van der Waals surface area contributed by atoms with Crippen LogP contribution in [0.1, 0.15) is 11.1 Å². The molecule has 0 spiro atoms. The number of benzene rings is 12. The summed E-state index contributed by atoms with van der Waals surface area (Å²) in [6.07, 6.45) is 4.48. The first-order valence-electron chi connectivity index (χ1n) is 23.8. The number of rotatable bonds is 8. The van der Waals surface area contributed by atoms with Gasteiger partial charge in [0.05, 0.1) is 5.52 Å². The van der Waals surface area contributed by atoms with Crippen LogP contribution in [0.15, 0.2) is 249 Å². The van der Waals surface area contributed by atoms with Gasteiger partial charge in [-0.15, -0.1) is 0 Å². The van der Waals surface area contributed by atoms with E-state index < -0.39 is 0 Å². The molecule has 0 fully saturated rings. The Morgan fingerprint density at radius 3 is 1.46 bits per heavy atom. The lowest BCUT2D eigenvalue weighted by Gasteiger charge is -2.25. The minimum atomic E-state index is 1.13. The molecule has 0 atom stereocenters. The molecule has 0 bridgehead atoms. The fourth-order valence-electron chi connectivity index (χ4n) is 10.9. The summed E-state index contributed by atoms with van der Waals surface area (Å²) in [6.45, 7) is 0. The average Bonchev–Trinajstić information content (AvgIpc) is 3.70. The molecule has 1 heterocycles. The summed E-state index contributed by atoms with van der Waals surface area (Å²) in [4.78, 5) is 2.33. The van der Waals surface area contributed by atoms with Crippen molar-refractivity contribution in [3.8, 4) is 33.4 Å². The molecule has 0 aliphatic carbocycles. The van der Waals surface area contributed by atoms with Gasteiger partial charge in [0.1, 0.15) is 0 Å². The molecular weight excluding hydrogens is 833 g/mol. The van der Waals surface area contributed by atoms with Gasteiger partial charge in [-0.1, -0.05) is 200 Å². The van der Waals surface area contributed by atoms with E-state index in [-0.39, 0.29) is 0 Å². The lowest BCUT2D eigenvalue weighted by atomic mass is 9.81. The van der Waals surface area contributed by atoms with Crippen molar-refractivity contribution in [1.82, 2.24) is 4.57 Å². The van der Waals surface area contributed by atoms with Gasteiger partial charge < -0.3 is 9.47 Å². The molecule has 324 valence electrons. The standard InChI is InChI=1S/C67H46N2/c1-68-63-41-46(33-38-57(63)58-39-37-54(43-64(58)68)69(52-22-10-4-11-23-52)53-24-12-5-13-25-53)31-30-45-32-34-50-42-51(36-35-49(50)40-45)62-44-61(47-18-6-2-7-19-47)66-59-28-16-14-26-55(59)56-27-15-17-29-60(56)67(66)65(62)48-20-8-3-9-21-48/h2-44H,1H3/b31-30+. The Morgan fingerprint density at radius 1 is 0.319 bits per heavy atom. The van der Waals surface area contributed by atoms with Gasteiger partial charge in [0, 0.05) is 40.4 Å². The monoisotopic (exact) mass is 878 g/mol. The maximum absolute atomic E-state index is 2.45. The molecule has 0 unspecified atom stereocenters. The Balaban J connectivity index is 0.891. The lowest BCUT2D eigenvalue weighted by molar-refractivity contribution is 1.01. The first kappa shape index (κ1) is 40.3. The Kier molecular flexibility index (Phi) is 9.77. The number of para-hydroxylation sites is 2. The zero-order valence-electron chi connectivity index (χ0n) is 38.2. The summed E-state index contributed by atoms with van der Waals surface area (Å²) in [5.74, 6) is 0. The number of nitrogens with zero attached hydrogens (tertiary/aromatic N) is 2. The molecule has 1 aromatic heterocycles. The Morgan fingerprint density at radius 2 is 0.812 bits per heavy atom. The van der Waals surface area contributed by atoms with E-state index in [9.17, 15) is 0 Å². The third-order valence-electron chi connectivity index (χ3n) is 14.1. The number of aryl methyl sites for hydroxylation is 1. The average molecular weight is 879 g/mol. The van der Waals surface area contributed by atoms with Crippen LogP contribution >= 0.6 is 0 Å². The second-order valence-corrected chi connectivity index (χ2v) is 18.1. The Labute approximate surface area is 401 Å². The molecular formula is C67H46N2. The molecule has 12 aromatic carbocycles. The molecule has 0 aliphatic heterocycles. The third kappa shape index (κ3) is 6.96. The minimum absolute atomic E-state index is 1.13. The molecule has 0 saturated heterocycles. The first-order valence-corrected chi connectivity index (χ1v) is 23.8. The van der Waals surface area contributed by atoms with E-state index in [0.717, 1.165) is 17.1 Å². The van der Waals surface area contributed by atoms with Crippen LogP contribution in [0, 0.1) is 0 Å². The van der Waals surface area contributed by atoms with E-state index in [2.05, 4.69) is 277 Å². The van der Waals surface area contributed by atoms with E-state index in [0.29, 0.717) is 0 Å². The normalized spacial score (nSPS) is 11.8. The molecule has 2 heteroatoms. The summed E-state index contributed by atoms with van der Waals surface area (Å²) in [5.41, 5.74) is 15.5. The fourth-order valence-corrected chi connectivity index (χ4v) is 10.9. The van der Waals surface area contributed by atoms with Crippen molar-refractivity contribution in [3.05, 3.63) is 260 Å². The summed E-state index contributed by atoms with van der Waals surface area (Å²) in [6, 6.07) is 90.9. The number of fused-ring (bicyclic) bond motifs is 10. The molecule has 0 saturated carbocycles.